The number of aromatic nitrogens is 2. The van der Waals surface area contributed by atoms with Crippen LogP contribution in [0.1, 0.15) is 23.2 Å². The Balaban J connectivity index is 1.40. The second-order valence-corrected chi connectivity index (χ2v) is 10.5. The summed E-state index contributed by atoms with van der Waals surface area (Å²) in [5, 5.41) is 6.14. The quantitative estimate of drug-likeness (QED) is 0.426. The molecular weight excluding hydrogens is 460 g/mol. The van der Waals surface area contributed by atoms with Crippen molar-refractivity contribution in [1.82, 2.24) is 14.3 Å². The van der Waals surface area contributed by atoms with Crippen LogP contribution in [0.25, 0.3) is 22.2 Å². The molecule has 2 aromatic heterocycles. The molecule has 0 saturated carbocycles. The van der Waals surface area contributed by atoms with Crippen LogP contribution in [0, 0.1) is 0 Å². The zero-order chi connectivity index (χ0) is 23.0. The van der Waals surface area contributed by atoms with Crippen molar-refractivity contribution < 1.29 is 17.9 Å². The molecule has 170 valence electrons. The number of carbonyl (C=O) groups is 1. The minimum atomic E-state index is -3.74. The van der Waals surface area contributed by atoms with Crippen LogP contribution in [0.4, 0.5) is 5.13 Å². The average Bonchev–Trinajstić information content (AvgIpc) is 3.59. The first-order valence-electron chi connectivity index (χ1n) is 10.5. The monoisotopic (exact) mass is 482 g/mol. The lowest BCUT2D eigenvalue weighted by molar-refractivity contribution is 0.102. The molecule has 0 spiro atoms. The lowest BCUT2D eigenvalue weighted by Gasteiger charge is -2.18. The first kappa shape index (κ1) is 21.6. The van der Waals surface area contributed by atoms with E-state index in [2.05, 4.69) is 15.3 Å². The van der Waals surface area contributed by atoms with Gasteiger partial charge in [0, 0.05) is 46.7 Å². The fourth-order valence-corrected chi connectivity index (χ4v) is 6.40. The van der Waals surface area contributed by atoms with E-state index in [9.17, 15) is 13.2 Å². The number of hydrogen-bond donors (Lipinski definition) is 2. The van der Waals surface area contributed by atoms with Gasteiger partial charge in [0.25, 0.3) is 5.91 Å². The number of amides is 1. The molecule has 2 N–H and O–H groups in total. The number of hydrogen-bond acceptors (Lipinski definition) is 6. The first-order valence-corrected chi connectivity index (χ1v) is 12.8. The molecule has 3 heterocycles. The van der Waals surface area contributed by atoms with Crippen LogP contribution in [-0.2, 0) is 10.0 Å². The number of benzene rings is 2. The van der Waals surface area contributed by atoms with Gasteiger partial charge in [-0.05, 0) is 37.1 Å². The number of sulfonamides is 1. The van der Waals surface area contributed by atoms with E-state index in [0.717, 1.165) is 35.0 Å². The summed E-state index contributed by atoms with van der Waals surface area (Å²) in [6.45, 7) is 0.940. The number of carbonyl (C=O) groups excluding carboxylic acids is 1. The average molecular weight is 483 g/mol. The molecule has 1 aliphatic heterocycles. The van der Waals surface area contributed by atoms with Crippen molar-refractivity contribution in [1.29, 1.82) is 0 Å². The number of anilines is 1. The van der Waals surface area contributed by atoms with Gasteiger partial charge in [-0.2, -0.15) is 4.31 Å². The van der Waals surface area contributed by atoms with Gasteiger partial charge in [0.05, 0.1) is 12.8 Å². The van der Waals surface area contributed by atoms with Crippen molar-refractivity contribution in [2.75, 3.05) is 25.5 Å². The molecule has 1 saturated heterocycles. The number of thiazole rings is 1. The lowest BCUT2D eigenvalue weighted by Crippen LogP contribution is -2.28. The first-order chi connectivity index (χ1) is 16.0. The normalized spacial score (nSPS) is 14.6. The van der Waals surface area contributed by atoms with Crippen LogP contribution in [0.15, 0.2) is 58.9 Å². The third-order valence-electron chi connectivity index (χ3n) is 5.70. The van der Waals surface area contributed by atoms with E-state index in [0.29, 0.717) is 18.2 Å². The van der Waals surface area contributed by atoms with Gasteiger partial charge in [-0.15, -0.1) is 11.3 Å². The van der Waals surface area contributed by atoms with E-state index in [-0.39, 0.29) is 16.2 Å². The molecule has 0 aliphatic carbocycles. The predicted octanol–water partition coefficient (Wildman–Crippen LogP) is 4.34. The summed E-state index contributed by atoms with van der Waals surface area (Å²) in [4.78, 5) is 20.7. The Labute approximate surface area is 195 Å². The molecule has 8 nitrogen and oxygen atoms in total. The maximum Gasteiger partial charge on any atom is 0.257 e. The third-order valence-corrected chi connectivity index (χ3v) is 8.38. The van der Waals surface area contributed by atoms with Crippen molar-refractivity contribution in [2.24, 2.45) is 0 Å². The van der Waals surface area contributed by atoms with E-state index < -0.39 is 15.9 Å². The maximum absolute atomic E-state index is 13.1. The van der Waals surface area contributed by atoms with Crippen molar-refractivity contribution in [3.63, 3.8) is 0 Å². The van der Waals surface area contributed by atoms with Crippen molar-refractivity contribution in [3.8, 4) is 17.0 Å². The number of aromatic amines is 1. The highest BCUT2D eigenvalue weighted by Gasteiger charge is 2.30. The number of para-hydroxylation sites is 1. The molecule has 10 heteroatoms. The highest BCUT2D eigenvalue weighted by atomic mass is 32.2. The Morgan fingerprint density at radius 1 is 1.18 bits per heavy atom. The van der Waals surface area contributed by atoms with E-state index >= 15 is 0 Å². The molecule has 1 fully saturated rings. The van der Waals surface area contributed by atoms with Gasteiger partial charge in [0.2, 0.25) is 10.0 Å². The topological polar surface area (TPSA) is 104 Å². The van der Waals surface area contributed by atoms with Crippen LogP contribution in [-0.4, -0.2) is 48.8 Å². The second kappa shape index (κ2) is 8.62. The molecule has 1 amide bonds. The molecule has 0 unspecified atom stereocenters. The molecule has 0 bridgehead atoms. The summed E-state index contributed by atoms with van der Waals surface area (Å²) < 4.78 is 32.9. The van der Waals surface area contributed by atoms with Crippen LogP contribution in [0.2, 0.25) is 0 Å². The van der Waals surface area contributed by atoms with E-state index in [1.165, 1.54) is 34.9 Å². The largest absolute Gasteiger partial charge is 0.495 e. The summed E-state index contributed by atoms with van der Waals surface area (Å²) in [6, 6.07) is 12.4. The molecule has 33 heavy (non-hydrogen) atoms. The number of methoxy groups -OCH3 is 1. The Kier molecular flexibility index (Phi) is 5.65. The molecular formula is C23H22N4O4S2. The smallest absolute Gasteiger partial charge is 0.257 e. The number of nitrogens with zero attached hydrogens (tertiary/aromatic N) is 2. The van der Waals surface area contributed by atoms with Crippen molar-refractivity contribution in [2.45, 2.75) is 17.7 Å². The molecule has 0 radical (unpaired) electrons. The second-order valence-electron chi connectivity index (χ2n) is 7.72. The zero-order valence-electron chi connectivity index (χ0n) is 17.9. The number of fused-ring (bicyclic) bond motifs is 1. The van der Waals surface area contributed by atoms with E-state index in [4.69, 9.17) is 4.74 Å². The Hall–Kier alpha value is -3.21. The lowest BCUT2D eigenvalue weighted by atomic mass is 10.1. The molecule has 1 aliphatic rings. The van der Waals surface area contributed by atoms with E-state index in [1.54, 1.807) is 6.07 Å². The predicted molar refractivity (Wildman–Crippen MR) is 128 cm³/mol. The molecule has 0 atom stereocenters. The van der Waals surface area contributed by atoms with Gasteiger partial charge in [0.1, 0.15) is 10.6 Å². The van der Waals surface area contributed by atoms with Gasteiger partial charge in [-0.1, -0.05) is 18.2 Å². The Morgan fingerprint density at radius 3 is 2.76 bits per heavy atom. The van der Waals surface area contributed by atoms with Crippen LogP contribution in [0.5, 0.6) is 5.75 Å². The van der Waals surface area contributed by atoms with E-state index in [1.807, 2.05) is 35.8 Å². The van der Waals surface area contributed by atoms with Crippen molar-refractivity contribution >= 4 is 43.3 Å². The van der Waals surface area contributed by atoms with Crippen LogP contribution < -0.4 is 10.1 Å². The summed E-state index contributed by atoms with van der Waals surface area (Å²) >= 11 is 1.31. The van der Waals surface area contributed by atoms with Gasteiger partial charge in [-0.25, -0.2) is 13.4 Å². The Morgan fingerprint density at radius 2 is 1.97 bits per heavy atom. The highest BCUT2D eigenvalue weighted by molar-refractivity contribution is 7.89. The number of H-pyrrole nitrogens is 1. The number of rotatable bonds is 6. The van der Waals surface area contributed by atoms with Gasteiger partial charge >= 0.3 is 0 Å². The summed E-state index contributed by atoms with van der Waals surface area (Å²) in [7, 11) is -2.33. The van der Waals surface area contributed by atoms with Crippen LogP contribution >= 0.6 is 11.3 Å². The molecule has 2 aromatic carbocycles. The summed E-state index contributed by atoms with van der Waals surface area (Å²) in [5.41, 5.74) is 2.93. The highest BCUT2D eigenvalue weighted by Crippen LogP contribution is 2.32. The van der Waals surface area contributed by atoms with Gasteiger partial charge < -0.3 is 9.72 Å². The number of ether oxygens (including phenoxy) is 1. The standard InChI is InChI=1S/C23H22N4O4S2/c1-31-20-9-8-15(12-21(20)33(29,30)27-10-4-5-11-27)22(28)26-23-25-19(14-32-23)17-13-24-18-7-3-2-6-16(17)18/h2-3,6-9,12-14,24H,4-5,10-11H2,1H3,(H,25,26,28). The summed E-state index contributed by atoms with van der Waals surface area (Å²) in [5.74, 6) is -0.218. The number of nitrogens with one attached hydrogen (secondary N) is 2. The Bertz CT molecular complexity index is 1440. The third kappa shape index (κ3) is 4.01. The molecule has 4 aromatic rings. The fourth-order valence-electron chi connectivity index (χ4n) is 3.99. The fraction of sp³-hybridized carbons (Fsp3) is 0.217. The zero-order valence-corrected chi connectivity index (χ0v) is 19.5. The molecule has 5 rings (SSSR count). The van der Waals surface area contributed by atoms with Crippen LogP contribution in [0.3, 0.4) is 0 Å². The summed E-state index contributed by atoms with van der Waals surface area (Å²) in [6.07, 6.45) is 3.54. The maximum atomic E-state index is 13.1. The SMILES string of the molecule is COc1ccc(C(=O)Nc2nc(-c3c[nH]c4ccccc34)cs2)cc1S(=O)(=O)N1CCCC1. The van der Waals surface area contributed by atoms with Crippen molar-refractivity contribution in [3.05, 3.63) is 59.6 Å². The van der Waals surface area contributed by atoms with Gasteiger partial charge in [-0.3, -0.25) is 10.1 Å². The van der Waals surface area contributed by atoms with Gasteiger partial charge in [0.15, 0.2) is 5.13 Å². The minimum absolute atomic E-state index is 0.00169. The minimum Gasteiger partial charge on any atom is -0.495 e.